The number of carbonyl (C=O) groups excluding carboxylic acids is 1. The lowest BCUT2D eigenvalue weighted by Crippen LogP contribution is -2.47. The zero-order chi connectivity index (χ0) is 19.2. The van der Waals surface area contributed by atoms with Gasteiger partial charge in [0.1, 0.15) is 0 Å². The van der Waals surface area contributed by atoms with E-state index in [0.29, 0.717) is 24.0 Å². The van der Waals surface area contributed by atoms with Gasteiger partial charge in [-0.2, -0.15) is 0 Å². The van der Waals surface area contributed by atoms with Gasteiger partial charge in [-0.05, 0) is 25.0 Å². The molecule has 1 fully saturated rings. The molecule has 7 nitrogen and oxygen atoms in total. The largest absolute Gasteiger partial charge is 0.493 e. The first kappa shape index (κ1) is 19.9. The molecule has 1 aliphatic rings. The highest BCUT2D eigenvalue weighted by molar-refractivity contribution is 5.94. The number of benzene rings is 1. The van der Waals surface area contributed by atoms with Crippen molar-refractivity contribution in [3.05, 3.63) is 18.2 Å². The third-order valence-corrected chi connectivity index (χ3v) is 4.88. The molecule has 2 N–H and O–H groups in total. The van der Waals surface area contributed by atoms with Crippen LogP contribution >= 0.6 is 0 Å². The minimum Gasteiger partial charge on any atom is -0.493 e. The lowest BCUT2D eigenvalue weighted by molar-refractivity contribution is -0.138. The molecule has 1 aromatic rings. The van der Waals surface area contributed by atoms with Gasteiger partial charge in [0.05, 0.1) is 19.6 Å². The van der Waals surface area contributed by atoms with Crippen molar-refractivity contribution in [2.24, 2.45) is 10.4 Å². The summed E-state index contributed by atoms with van der Waals surface area (Å²) >= 11 is 0. The van der Waals surface area contributed by atoms with Crippen molar-refractivity contribution in [2.75, 3.05) is 47.2 Å². The highest BCUT2D eigenvalue weighted by Crippen LogP contribution is 2.39. The normalized spacial score (nSPS) is 16.1. The molecule has 0 aliphatic heterocycles. The van der Waals surface area contributed by atoms with Crippen molar-refractivity contribution < 1.29 is 14.3 Å². The Labute approximate surface area is 155 Å². The molecule has 0 radical (unpaired) electrons. The van der Waals surface area contributed by atoms with Crippen LogP contribution in [0.15, 0.2) is 23.2 Å². The molecular formula is C19H30N4O3. The number of methoxy groups -OCH3 is 2. The standard InChI is InChI=1S/C19H30N4O3/c1-20-18(22-14-8-9-15(25-4)16(12-14)26-5)21-13-19(10-6-7-11-19)17(24)23(2)3/h8-9,12H,6-7,10-11,13H2,1-5H3,(H2,20,21,22). The molecule has 0 heterocycles. The predicted octanol–water partition coefficient (Wildman–Crippen LogP) is 2.34. The number of ether oxygens (including phenoxy) is 2. The van der Waals surface area contributed by atoms with Gasteiger partial charge >= 0.3 is 0 Å². The Bertz CT molecular complexity index is 652. The molecule has 0 bridgehead atoms. The van der Waals surface area contributed by atoms with Gasteiger partial charge < -0.3 is 25.0 Å². The van der Waals surface area contributed by atoms with Crippen LogP contribution in [0.3, 0.4) is 0 Å². The van der Waals surface area contributed by atoms with Crippen LogP contribution in [0.1, 0.15) is 25.7 Å². The van der Waals surface area contributed by atoms with Crippen LogP contribution in [0, 0.1) is 5.41 Å². The number of guanidine groups is 1. The minimum atomic E-state index is -0.348. The molecule has 1 aromatic carbocycles. The summed E-state index contributed by atoms with van der Waals surface area (Å²) in [6.45, 7) is 0.566. The Balaban J connectivity index is 2.07. The summed E-state index contributed by atoms with van der Waals surface area (Å²) in [6.07, 6.45) is 3.99. The first-order valence-corrected chi connectivity index (χ1v) is 8.87. The molecular weight excluding hydrogens is 332 g/mol. The maximum absolute atomic E-state index is 12.7. The van der Waals surface area contributed by atoms with Crippen molar-refractivity contribution in [1.29, 1.82) is 0 Å². The van der Waals surface area contributed by atoms with Crippen molar-refractivity contribution in [3.8, 4) is 11.5 Å². The van der Waals surface area contributed by atoms with Crippen LogP contribution in [0.5, 0.6) is 11.5 Å². The Morgan fingerprint density at radius 3 is 2.38 bits per heavy atom. The molecule has 26 heavy (non-hydrogen) atoms. The summed E-state index contributed by atoms with van der Waals surface area (Å²) in [6, 6.07) is 5.58. The number of anilines is 1. The zero-order valence-corrected chi connectivity index (χ0v) is 16.4. The lowest BCUT2D eigenvalue weighted by atomic mass is 9.84. The van der Waals surface area contributed by atoms with Gasteiger partial charge in [-0.25, -0.2) is 0 Å². The van der Waals surface area contributed by atoms with Crippen LogP contribution in [-0.2, 0) is 4.79 Å². The quantitative estimate of drug-likeness (QED) is 0.600. The number of hydrogen-bond donors (Lipinski definition) is 2. The Hall–Kier alpha value is -2.44. The molecule has 1 saturated carbocycles. The Morgan fingerprint density at radius 1 is 1.19 bits per heavy atom. The number of aliphatic imine (C=N–C) groups is 1. The number of nitrogens with one attached hydrogen (secondary N) is 2. The average molecular weight is 362 g/mol. The first-order chi connectivity index (χ1) is 12.5. The molecule has 1 aliphatic carbocycles. The van der Waals surface area contributed by atoms with E-state index in [2.05, 4.69) is 15.6 Å². The van der Waals surface area contributed by atoms with E-state index < -0.39 is 0 Å². The van der Waals surface area contributed by atoms with E-state index in [1.165, 1.54) is 0 Å². The van der Waals surface area contributed by atoms with E-state index in [9.17, 15) is 4.79 Å². The van der Waals surface area contributed by atoms with Gasteiger partial charge in [0, 0.05) is 39.4 Å². The van der Waals surface area contributed by atoms with Crippen LogP contribution in [0.25, 0.3) is 0 Å². The SMILES string of the molecule is CN=C(NCC1(C(=O)N(C)C)CCCC1)Nc1ccc(OC)c(OC)c1. The van der Waals surface area contributed by atoms with Gasteiger partial charge in [-0.3, -0.25) is 9.79 Å². The third-order valence-electron chi connectivity index (χ3n) is 4.88. The minimum absolute atomic E-state index is 0.184. The second-order valence-corrected chi connectivity index (χ2v) is 6.81. The van der Waals surface area contributed by atoms with E-state index in [-0.39, 0.29) is 11.3 Å². The maximum atomic E-state index is 12.7. The maximum Gasteiger partial charge on any atom is 0.230 e. The summed E-state index contributed by atoms with van der Waals surface area (Å²) in [5.41, 5.74) is 0.480. The monoisotopic (exact) mass is 362 g/mol. The molecule has 144 valence electrons. The molecule has 0 atom stereocenters. The molecule has 1 amide bonds. The van der Waals surface area contributed by atoms with Gasteiger partial charge in [0.25, 0.3) is 0 Å². The molecule has 0 spiro atoms. The molecule has 0 unspecified atom stereocenters. The summed E-state index contributed by atoms with van der Waals surface area (Å²) < 4.78 is 10.6. The Morgan fingerprint density at radius 2 is 1.85 bits per heavy atom. The fourth-order valence-electron chi connectivity index (χ4n) is 3.48. The van der Waals surface area contributed by atoms with Crippen LogP contribution in [0.4, 0.5) is 5.69 Å². The predicted molar refractivity (Wildman–Crippen MR) is 104 cm³/mol. The number of nitrogens with zero attached hydrogens (tertiary/aromatic N) is 2. The van der Waals surface area contributed by atoms with Crippen LogP contribution in [-0.4, -0.2) is 58.7 Å². The van der Waals surface area contributed by atoms with Crippen molar-refractivity contribution >= 4 is 17.6 Å². The van der Waals surface area contributed by atoms with Crippen LogP contribution < -0.4 is 20.1 Å². The zero-order valence-electron chi connectivity index (χ0n) is 16.4. The van der Waals surface area contributed by atoms with Crippen molar-refractivity contribution in [2.45, 2.75) is 25.7 Å². The third kappa shape index (κ3) is 4.39. The van der Waals surface area contributed by atoms with Gasteiger partial charge in [-0.1, -0.05) is 12.8 Å². The fourth-order valence-corrected chi connectivity index (χ4v) is 3.48. The number of hydrogen-bond acceptors (Lipinski definition) is 4. The van der Waals surface area contributed by atoms with E-state index in [0.717, 1.165) is 31.4 Å². The second kappa shape index (κ2) is 8.78. The van der Waals surface area contributed by atoms with Gasteiger partial charge in [0.2, 0.25) is 5.91 Å². The number of rotatable bonds is 6. The molecule has 7 heteroatoms. The lowest BCUT2D eigenvalue weighted by Gasteiger charge is -2.31. The molecule has 0 saturated heterocycles. The average Bonchev–Trinajstić information content (AvgIpc) is 3.14. The second-order valence-electron chi connectivity index (χ2n) is 6.81. The smallest absolute Gasteiger partial charge is 0.230 e. The van der Waals surface area contributed by atoms with E-state index in [4.69, 9.17) is 9.47 Å². The summed E-state index contributed by atoms with van der Waals surface area (Å²) in [7, 11) is 8.56. The first-order valence-electron chi connectivity index (χ1n) is 8.87. The van der Waals surface area contributed by atoms with E-state index in [1.54, 1.807) is 26.2 Å². The topological polar surface area (TPSA) is 75.2 Å². The van der Waals surface area contributed by atoms with Crippen molar-refractivity contribution in [3.63, 3.8) is 0 Å². The summed E-state index contributed by atoms with van der Waals surface area (Å²) in [5.74, 6) is 2.12. The fraction of sp³-hybridized carbons (Fsp3) is 0.579. The van der Waals surface area contributed by atoms with E-state index >= 15 is 0 Å². The van der Waals surface area contributed by atoms with E-state index in [1.807, 2.05) is 32.3 Å². The highest BCUT2D eigenvalue weighted by atomic mass is 16.5. The van der Waals surface area contributed by atoms with Gasteiger partial charge in [-0.15, -0.1) is 0 Å². The van der Waals surface area contributed by atoms with Crippen LogP contribution in [0.2, 0.25) is 0 Å². The summed E-state index contributed by atoms with van der Waals surface area (Å²) in [5, 5.41) is 6.56. The highest BCUT2D eigenvalue weighted by Gasteiger charge is 2.42. The number of amides is 1. The number of carbonyl (C=O) groups is 1. The molecule has 0 aromatic heterocycles. The molecule has 2 rings (SSSR count). The summed E-state index contributed by atoms with van der Waals surface area (Å²) in [4.78, 5) is 18.6. The Kier molecular flexibility index (Phi) is 6.71. The van der Waals surface area contributed by atoms with Crippen molar-refractivity contribution in [1.82, 2.24) is 10.2 Å². The van der Waals surface area contributed by atoms with Gasteiger partial charge in [0.15, 0.2) is 17.5 Å².